The maximum atomic E-state index is 10.5. The first-order valence-corrected chi connectivity index (χ1v) is 8.89. The van der Waals surface area contributed by atoms with Crippen molar-refractivity contribution in [2.24, 2.45) is 4.99 Å². The van der Waals surface area contributed by atoms with Crippen LogP contribution in [0.4, 0.5) is 24.5 Å². The summed E-state index contributed by atoms with van der Waals surface area (Å²) in [5.41, 5.74) is 3.80. The predicted octanol–water partition coefficient (Wildman–Crippen LogP) is -0.718. The molecule has 0 amide bonds. The van der Waals surface area contributed by atoms with Crippen molar-refractivity contribution in [3.63, 3.8) is 0 Å². The molecule has 30 heavy (non-hydrogen) atoms. The number of carbonyl (C=O) groups is 1. The van der Waals surface area contributed by atoms with Crippen LogP contribution in [0.2, 0.25) is 0 Å². The Labute approximate surface area is 168 Å². The van der Waals surface area contributed by atoms with Crippen LogP contribution in [0, 0.1) is 0 Å². The SMILES string of the molecule is COc1ccc(CNc2cc3c4c(c2O)[NH+]=CC=4CCN=3)cc1.O=C([O-])C(F)(F)F. The Bertz CT molecular complexity index is 1110. The van der Waals surface area contributed by atoms with Gasteiger partial charge in [0.1, 0.15) is 11.7 Å². The number of aliphatic carboxylic acids is 1. The Balaban J connectivity index is 0.000000318. The van der Waals surface area contributed by atoms with Crippen molar-refractivity contribution in [3.8, 4) is 11.5 Å². The van der Waals surface area contributed by atoms with Gasteiger partial charge in [-0.1, -0.05) is 12.1 Å². The molecule has 2 aliphatic heterocycles. The monoisotopic (exact) mass is 421 g/mol. The van der Waals surface area contributed by atoms with Crippen molar-refractivity contribution in [2.45, 2.75) is 19.1 Å². The highest BCUT2D eigenvalue weighted by Gasteiger charge is 2.28. The number of rotatable bonds is 4. The van der Waals surface area contributed by atoms with E-state index < -0.39 is 12.1 Å². The summed E-state index contributed by atoms with van der Waals surface area (Å²) < 4.78 is 36.7. The molecule has 0 aliphatic carbocycles. The molecule has 3 N–H and O–H groups in total. The fourth-order valence-electron chi connectivity index (χ4n) is 3.05. The molecule has 0 saturated carbocycles. The van der Waals surface area contributed by atoms with E-state index in [9.17, 15) is 18.3 Å². The molecule has 10 heteroatoms. The van der Waals surface area contributed by atoms with Crippen molar-refractivity contribution in [2.75, 3.05) is 19.0 Å². The highest BCUT2D eigenvalue weighted by Crippen LogP contribution is 2.27. The number of carboxylic acids is 1. The lowest BCUT2D eigenvalue weighted by atomic mass is 10.1. The first-order chi connectivity index (χ1) is 14.2. The molecule has 0 aromatic heterocycles. The fourth-order valence-corrected chi connectivity index (χ4v) is 3.05. The van der Waals surface area contributed by atoms with Crippen LogP contribution in [-0.2, 0) is 11.3 Å². The van der Waals surface area contributed by atoms with E-state index in [2.05, 4.69) is 15.3 Å². The normalized spacial score (nSPS) is 13.7. The molecule has 0 saturated heterocycles. The van der Waals surface area contributed by atoms with E-state index in [-0.39, 0.29) is 5.75 Å². The average molecular weight is 421 g/mol. The zero-order valence-electron chi connectivity index (χ0n) is 15.8. The third kappa shape index (κ3) is 4.53. The minimum absolute atomic E-state index is 0.251. The summed E-state index contributed by atoms with van der Waals surface area (Å²) in [6.45, 7) is 1.42. The molecule has 0 bridgehead atoms. The summed E-state index contributed by atoms with van der Waals surface area (Å²) in [5, 5.41) is 24.6. The number of nitrogens with one attached hydrogen (secondary N) is 2. The van der Waals surface area contributed by atoms with Gasteiger partial charge in [-0.3, -0.25) is 4.99 Å². The van der Waals surface area contributed by atoms with Gasteiger partial charge in [-0.05, 0) is 30.2 Å². The van der Waals surface area contributed by atoms with Crippen LogP contribution in [0.5, 0.6) is 11.5 Å². The zero-order valence-corrected chi connectivity index (χ0v) is 15.8. The van der Waals surface area contributed by atoms with Gasteiger partial charge >= 0.3 is 6.18 Å². The van der Waals surface area contributed by atoms with E-state index in [0.29, 0.717) is 12.2 Å². The number of nitrogens with zero attached hydrogens (tertiary/aromatic N) is 1. The largest absolute Gasteiger partial charge is 0.542 e. The Hall–Kier alpha value is -3.56. The van der Waals surface area contributed by atoms with Gasteiger partial charge in [-0.25, -0.2) is 4.99 Å². The van der Waals surface area contributed by atoms with Gasteiger partial charge in [0.2, 0.25) is 5.75 Å². The van der Waals surface area contributed by atoms with Gasteiger partial charge in [0, 0.05) is 18.7 Å². The minimum Gasteiger partial charge on any atom is -0.542 e. The Morgan fingerprint density at radius 1 is 1.33 bits per heavy atom. The molecular weight excluding hydrogens is 403 g/mol. The molecule has 2 aliphatic rings. The average Bonchev–Trinajstić information content (AvgIpc) is 3.15. The number of benzene rings is 2. The van der Waals surface area contributed by atoms with Crippen LogP contribution in [0.1, 0.15) is 12.0 Å². The van der Waals surface area contributed by atoms with Crippen LogP contribution >= 0.6 is 0 Å². The number of methoxy groups -OCH3 is 1. The van der Waals surface area contributed by atoms with Crippen molar-refractivity contribution >= 4 is 29.1 Å². The highest BCUT2D eigenvalue weighted by molar-refractivity contribution is 6.02. The molecule has 0 spiro atoms. The van der Waals surface area contributed by atoms with Crippen LogP contribution in [0.25, 0.3) is 5.57 Å². The number of carbonyl (C=O) groups excluding carboxylic acids is 1. The molecule has 2 aromatic rings. The first-order valence-electron chi connectivity index (χ1n) is 8.89. The van der Waals surface area contributed by atoms with Gasteiger partial charge in [0.25, 0.3) is 5.69 Å². The lowest BCUT2D eigenvalue weighted by Gasteiger charge is -2.10. The zero-order chi connectivity index (χ0) is 21.9. The number of phenolic OH excluding ortho intramolecular Hbond substituents is 1. The van der Waals surface area contributed by atoms with Crippen molar-refractivity contribution < 1.29 is 37.9 Å². The fraction of sp³-hybridized carbons (Fsp3) is 0.250. The summed E-state index contributed by atoms with van der Waals surface area (Å²) in [7, 11) is 1.65. The molecule has 2 heterocycles. The van der Waals surface area contributed by atoms with E-state index in [1.807, 2.05) is 36.5 Å². The predicted molar refractivity (Wildman–Crippen MR) is 99.8 cm³/mol. The lowest BCUT2D eigenvalue weighted by Crippen LogP contribution is -2.61. The van der Waals surface area contributed by atoms with E-state index in [0.717, 1.165) is 40.5 Å². The van der Waals surface area contributed by atoms with Gasteiger partial charge in [-0.2, -0.15) is 13.2 Å². The summed E-state index contributed by atoms with van der Waals surface area (Å²) in [5.74, 6) is -1.92. The number of aromatic hydroxyl groups is 1. The molecule has 0 unspecified atom stereocenters. The second kappa shape index (κ2) is 8.44. The maximum Gasteiger partial charge on any atom is 0.430 e. The number of hydrogen-bond donors (Lipinski definition) is 3. The topological polar surface area (TPSA) is 108 Å². The minimum atomic E-state index is -5.19. The number of halogens is 3. The van der Waals surface area contributed by atoms with Crippen LogP contribution in [-0.4, -0.2) is 37.1 Å². The van der Waals surface area contributed by atoms with Crippen LogP contribution in [0.15, 0.2) is 35.3 Å². The molecule has 158 valence electrons. The standard InChI is InChI=1S/C18H17N3O2.C2HF3O2/c1-23-13-4-2-11(3-5-13)9-20-15-8-14-16-12(6-7-19-14)10-21-17(16)18(15)22;3-2(4,5)1(6)7/h2-5,8,10,20,22H,6-7,9H2,1H3;(H,6,7). The smallest absolute Gasteiger partial charge is 0.430 e. The summed E-state index contributed by atoms with van der Waals surface area (Å²) >= 11 is 0. The summed E-state index contributed by atoms with van der Waals surface area (Å²) in [6.07, 6.45) is -2.30. The molecule has 0 atom stereocenters. The lowest BCUT2D eigenvalue weighted by molar-refractivity contribution is -0.345. The van der Waals surface area contributed by atoms with Gasteiger partial charge < -0.3 is 25.1 Å². The van der Waals surface area contributed by atoms with Crippen molar-refractivity contribution in [1.29, 1.82) is 0 Å². The number of anilines is 1. The van der Waals surface area contributed by atoms with E-state index >= 15 is 0 Å². The van der Waals surface area contributed by atoms with E-state index in [1.165, 1.54) is 5.57 Å². The van der Waals surface area contributed by atoms with Gasteiger partial charge in [0.15, 0.2) is 6.21 Å². The summed E-state index contributed by atoms with van der Waals surface area (Å²) in [6, 6.07) is 9.79. The van der Waals surface area contributed by atoms with Crippen molar-refractivity contribution in [1.82, 2.24) is 0 Å². The van der Waals surface area contributed by atoms with Crippen LogP contribution < -0.4 is 30.7 Å². The highest BCUT2D eigenvalue weighted by atomic mass is 19.4. The molecule has 7 nitrogen and oxygen atoms in total. The number of carboxylic acid groups (broad SMARTS) is 1. The van der Waals surface area contributed by atoms with Gasteiger partial charge in [-0.15, -0.1) is 0 Å². The quantitative estimate of drug-likeness (QED) is 0.565. The second-order valence-corrected chi connectivity index (χ2v) is 6.47. The van der Waals surface area contributed by atoms with Crippen molar-refractivity contribution in [3.05, 3.63) is 46.5 Å². The van der Waals surface area contributed by atoms with Gasteiger partial charge in [0.05, 0.1) is 23.4 Å². The Kier molecular flexibility index (Phi) is 5.95. The van der Waals surface area contributed by atoms with E-state index in [4.69, 9.17) is 14.6 Å². The number of alkyl halides is 3. The number of phenols is 1. The summed E-state index contributed by atoms with van der Waals surface area (Å²) in [4.78, 5) is 16.5. The van der Waals surface area contributed by atoms with E-state index in [1.54, 1.807) is 7.11 Å². The molecule has 2 aromatic carbocycles. The molecular formula is C20H18F3N3O4. The molecule has 4 rings (SSSR count). The molecule has 0 fully saturated rings. The third-order valence-corrected chi connectivity index (χ3v) is 4.53. The van der Waals surface area contributed by atoms with Crippen LogP contribution in [0.3, 0.4) is 0 Å². The number of ether oxygens (including phenoxy) is 1. The number of hydrogen-bond acceptors (Lipinski definition) is 6. The third-order valence-electron chi connectivity index (χ3n) is 4.53. The Morgan fingerprint density at radius 2 is 2.00 bits per heavy atom. The second-order valence-electron chi connectivity index (χ2n) is 6.47. The Morgan fingerprint density at radius 3 is 2.60 bits per heavy atom. The molecule has 0 radical (unpaired) electrons. The first kappa shape index (κ1) is 21.2. The maximum absolute atomic E-state index is 10.5.